The van der Waals surface area contributed by atoms with Gasteiger partial charge in [0.1, 0.15) is 0 Å². The van der Waals surface area contributed by atoms with Gasteiger partial charge in [-0.3, -0.25) is 0 Å². The van der Waals surface area contributed by atoms with Crippen LogP contribution < -0.4 is 0 Å². The van der Waals surface area contributed by atoms with Gasteiger partial charge in [-0.1, -0.05) is 118 Å². The maximum atomic E-state index is 6.36. The summed E-state index contributed by atoms with van der Waals surface area (Å²) in [6, 6.07) is 35.9. The second-order valence-electron chi connectivity index (χ2n) is 13.5. The van der Waals surface area contributed by atoms with Crippen molar-refractivity contribution in [3.63, 3.8) is 0 Å². The van der Waals surface area contributed by atoms with Gasteiger partial charge >= 0.3 is 0 Å². The monoisotopic (exact) mass is 580 g/mol. The Hall–Kier alpha value is -2.73. The van der Waals surface area contributed by atoms with E-state index in [-0.39, 0.29) is 5.41 Å². The molecule has 0 amide bonds. The average Bonchev–Trinajstić information content (AvgIpc) is 2.90. The molecule has 0 heterocycles. The Morgan fingerprint density at radius 3 is 1.44 bits per heavy atom. The van der Waals surface area contributed by atoms with Gasteiger partial charge in [-0.25, -0.2) is 0 Å². The maximum Gasteiger partial charge on any atom is 0.177 e. The Balaban J connectivity index is 0.000000176. The summed E-state index contributed by atoms with van der Waals surface area (Å²) in [5.74, 6) is 0. The average molecular weight is 581 g/mol. The molecule has 1 aliphatic carbocycles. The van der Waals surface area contributed by atoms with Crippen LogP contribution in [-0.2, 0) is 28.4 Å². The zero-order chi connectivity index (χ0) is 30.3. The molecule has 0 atom stereocenters. The molecule has 1 nitrogen and oxygen atoms in total. The second kappa shape index (κ2) is 14.0. The van der Waals surface area contributed by atoms with Gasteiger partial charge in [0.2, 0.25) is 0 Å². The molecule has 0 saturated carbocycles. The zero-order valence-electron chi connectivity index (χ0n) is 27.3. The Morgan fingerprint density at radius 2 is 1.02 bits per heavy atom. The van der Waals surface area contributed by atoms with Crippen LogP contribution >= 0.6 is 0 Å². The van der Waals surface area contributed by atoms with E-state index >= 15 is 0 Å². The molecule has 4 aromatic carbocycles. The van der Waals surface area contributed by atoms with Crippen LogP contribution in [0.1, 0.15) is 65.3 Å². The third kappa shape index (κ3) is 9.39. The number of aryl methyl sites for hydroxylation is 3. The zero-order valence-corrected chi connectivity index (χ0v) is 29.3. The fourth-order valence-electron chi connectivity index (χ4n) is 6.06. The minimum atomic E-state index is -1.55. The molecule has 0 spiro atoms. The van der Waals surface area contributed by atoms with Crippen molar-refractivity contribution in [3.05, 3.63) is 142 Å². The summed E-state index contributed by atoms with van der Waals surface area (Å²) >= 11 is 0. The van der Waals surface area contributed by atoms with E-state index in [1.54, 1.807) is 0 Å². The van der Waals surface area contributed by atoms with Crippen molar-refractivity contribution in [2.75, 3.05) is 0 Å². The molecular weight excluding hydrogens is 529 g/mol. The van der Waals surface area contributed by atoms with Crippen LogP contribution in [0.4, 0.5) is 0 Å². The minimum Gasteiger partial charge on any atom is -0.455 e. The Bertz CT molecular complexity index is 1360. The van der Waals surface area contributed by atoms with Crippen LogP contribution in [0, 0.1) is 13.8 Å². The van der Waals surface area contributed by atoms with E-state index in [1.165, 1.54) is 44.5 Å². The topological polar surface area (TPSA) is 9.23 Å². The van der Waals surface area contributed by atoms with Gasteiger partial charge < -0.3 is 4.12 Å². The van der Waals surface area contributed by atoms with Gasteiger partial charge in [-0.2, -0.15) is 0 Å². The summed E-state index contributed by atoms with van der Waals surface area (Å²) in [6.45, 7) is 22.7. The number of hydrogen-bond donors (Lipinski definition) is 0. The molecule has 5 rings (SSSR count). The van der Waals surface area contributed by atoms with E-state index in [9.17, 15) is 0 Å². The summed E-state index contributed by atoms with van der Waals surface area (Å²) in [5, 5.41) is 0. The quantitative estimate of drug-likeness (QED) is 0.213. The van der Waals surface area contributed by atoms with Crippen molar-refractivity contribution in [2.24, 2.45) is 0 Å². The first-order valence-electron chi connectivity index (χ1n) is 15.2. The standard InChI is InChI=1S/C16H16.C13H24OSi2.C9H12/c1-16(2)14-9-5-3-7-12(14)11-13-8-4-6-10-15(13)16;1-12-9-7-8-10-13(12)11-16(5,6)14-15(2,3)4;1-3-9-7-5-4-6-8(9)2/h3-10H,11H2,1-2H3;7-10H,11H2,1-6H3;4-7H,3H2,1-2H3. The molecule has 218 valence electrons. The normalized spacial score (nSPS) is 13.5. The third-order valence-corrected chi connectivity index (χ3v) is 13.8. The molecular formula is C38H52OSi2. The summed E-state index contributed by atoms with van der Waals surface area (Å²) in [5.41, 5.74) is 11.8. The summed E-state index contributed by atoms with van der Waals surface area (Å²) in [4.78, 5) is 0. The highest BCUT2D eigenvalue weighted by atomic mass is 28.4. The predicted octanol–water partition coefficient (Wildman–Crippen LogP) is 10.6. The van der Waals surface area contributed by atoms with E-state index in [2.05, 4.69) is 164 Å². The van der Waals surface area contributed by atoms with Gasteiger partial charge in [-0.15, -0.1) is 0 Å². The van der Waals surface area contributed by atoms with Gasteiger partial charge in [0.15, 0.2) is 16.6 Å². The number of benzene rings is 4. The van der Waals surface area contributed by atoms with E-state index in [0.717, 1.165) is 18.9 Å². The first-order valence-corrected chi connectivity index (χ1v) is 21.7. The largest absolute Gasteiger partial charge is 0.455 e. The molecule has 0 aliphatic heterocycles. The van der Waals surface area contributed by atoms with E-state index in [1.807, 2.05) is 0 Å². The SMILES string of the molecule is CC1(C)c2ccccc2Cc2ccccc21.CCc1ccccc1C.Cc1ccccc1C[Si](C)(C)O[Si](C)(C)C. The molecule has 4 aromatic rings. The fraction of sp³-hybridized carbons (Fsp3) is 0.368. The maximum absolute atomic E-state index is 6.36. The highest BCUT2D eigenvalue weighted by Crippen LogP contribution is 2.40. The van der Waals surface area contributed by atoms with Crippen molar-refractivity contribution in [2.45, 2.75) is 91.7 Å². The van der Waals surface area contributed by atoms with Crippen molar-refractivity contribution in [1.82, 2.24) is 0 Å². The summed E-state index contributed by atoms with van der Waals surface area (Å²) < 4.78 is 6.36. The highest BCUT2D eigenvalue weighted by molar-refractivity contribution is 6.84. The molecule has 0 fully saturated rings. The van der Waals surface area contributed by atoms with Crippen LogP contribution in [0.25, 0.3) is 0 Å². The van der Waals surface area contributed by atoms with E-state index in [4.69, 9.17) is 4.12 Å². The fourth-order valence-corrected chi connectivity index (χ4v) is 14.3. The molecule has 0 radical (unpaired) electrons. The van der Waals surface area contributed by atoms with Crippen molar-refractivity contribution in [3.8, 4) is 0 Å². The molecule has 0 saturated heterocycles. The highest BCUT2D eigenvalue weighted by Gasteiger charge is 2.31. The molecule has 0 bridgehead atoms. The van der Waals surface area contributed by atoms with Crippen molar-refractivity contribution < 1.29 is 4.12 Å². The smallest absolute Gasteiger partial charge is 0.177 e. The lowest BCUT2D eigenvalue weighted by Crippen LogP contribution is -2.44. The molecule has 41 heavy (non-hydrogen) atoms. The number of fused-ring (bicyclic) bond motifs is 2. The minimum absolute atomic E-state index is 0.144. The summed E-state index contributed by atoms with van der Waals surface area (Å²) in [6.07, 6.45) is 2.22. The molecule has 0 unspecified atom stereocenters. The van der Waals surface area contributed by atoms with Crippen LogP contribution in [0.5, 0.6) is 0 Å². The summed E-state index contributed by atoms with van der Waals surface area (Å²) in [7, 11) is -2.95. The molecule has 3 heteroatoms. The Morgan fingerprint density at radius 1 is 0.610 bits per heavy atom. The van der Waals surface area contributed by atoms with Crippen LogP contribution in [-0.4, -0.2) is 16.6 Å². The number of rotatable bonds is 5. The molecule has 0 aromatic heterocycles. The lowest BCUT2D eigenvalue weighted by molar-refractivity contribution is 0.548. The Labute approximate surface area is 253 Å². The van der Waals surface area contributed by atoms with Crippen molar-refractivity contribution in [1.29, 1.82) is 0 Å². The first kappa shape index (κ1) is 32.8. The van der Waals surface area contributed by atoms with Gasteiger partial charge in [0.05, 0.1) is 0 Å². The second-order valence-corrected chi connectivity index (χ2v) is 22.4. The lowest BCUT2D eigenvalue weighted by atomic mass is 9.69. The van der Waals surface area contributed by atoms with Gasteiger partial charge in [0, 0.05) is 5.41 Å². The lowest BCUT2D eigenvalue weighted by Gasteiger charge is -2.35. The first-order chi connectivity index (χ1) is 19.2. The van der Waals surface area contributed by atoms with Crippen LogP contribution in [0.2, 0.25) is 32.7 Å². The number of hydrogen-bond acceptors (Lipinski definition) is 1. The molecule has 0 N–H and O–H groups in total. The Kier molecular flexibility index (Phi) is 11.2. The third-order valence-electron chi connectivity index (χ3n) is 7.86. The van der Waals surface area contributed by atoms with Crippen LogP contribution in [0.3, 0.4) is 0 Å². The van der Waals surface area contributed by atoms with Gasteiger partial charge in [-0.05, 0) is 110 Å². The van der Waals surface area contributed by atoms with Crippen molar-refractivity contribution >= 4 is 16.6 Å². The van der Waals surface area contributed by atoms with Crippen LogP contribution in [0.15, 0.2) is 97.1 Å². The van der Waals surface area contributed by atoms with Gasteiger partial charge in [0.25, 0.3) is 0 Å². The predicted molar refractivity (Wildman–Crippen MR) is 185 cm³/mol. The van der Waals surface area contributed by atoms with E-state index in [0.29, 0.717) is 0 Å². The van der Waals surface area contributed by atoms with E-state index < -0.39 is 16.6 Å². The molecule has 1 aliphatic rings.